The molecule has 0 saturated carbocycles. The Morgan fingerprint density at radius 3 is 2.61 bits per heavy atom. The molecule has 0 unspecified atom stereocenters. The van der Waals surface area contributed by atoms with E-state index in [2.05, 4.69) is 15.8 Å². The number of anilines is 1. The fourth-order valence-corrected chi connectivity index (χ4v) is 1.93. The Morgan fingerprint density at radius 1 is 1.39 bits per heavy atom. The normalized spacial score (nSPS) is 18.9. The first-order chi connectivity index (χ1) is 8.56. The lowest BCUT2D eigenvalue weighted by Crippen LogP contribution is -2.31. The molecule has 1 aliphatic heterocycles. The summed E-state index contributed by atoms with van der Waals surface area (Å²) in [5.74, 6) is -0.0510. The highest BCUT2D eigenvalue weighted by atomic mass is 16.2. The molecule has 0 aromatic heterocycles. The summed E-state index contributed by atoms with van der Waals surface area (Å²) in [4.78, 5) is 22.1. The molecule has 0 radical (unpaired) electrons. The Bertz CT molecular complexity index is 505. The monoisotopic (exact) mass is 245 g/mol. The van der Waals surface area contributed by atoms with Gasteiger partial charge in [0.1, 0.15) is 0 Å². The topological polar surface area (TPSA) is 70.6 Å². The van der Waals surface area contributed by atoms with Crippen molar-refractivity contribution in [2.75, 3.05) is 5.32 Å². The van der Waals surface area contributed by atoms with Crippen LogP contribution in [0.25, 0.3) is 0 Å². The fourth-order valence-electron chi connectivity index (χ4n) is 1.93. The number of nitrogens with one attached hydrogen (secondary N) is 2. The highest BCUT2D eigenvalue weighted by Crippen LogP contribution is 2.18. The van der Waals surface area contributed by atoms with E-state index in [9.17, 15) is 9.59 Å². The molecule has 2 amide bonds. The van der Waals surface area contributed by atoms with Crippen LogP contribution in [0.1, 0.15) is 25.8 Å². The average Bonchev–Trinajstić information content (AvgIpc) is 2.30. The van der Waals surface area contributed by atoms with Gasteiger partial charge in [0.15, 0.2) is 0 Å². The Kier molecular flexibility index (Phi) is 3.41. The van der Waals surface area contributed by atoms with Gasteiger partial charge in [-0.3, -0.25) is 9.59 Å². The summed E-state index contributed by atoms with van der Waals surface area (Å²) in [7, 11) is 0. The van der Waals surface area contributed by atoms with Crippen LogP contribution in [-0.2, 0) is 9.59 Å². The molecule has 2 rings (SSSR count). The van der Waals surface area contributed by atoms with Crippen LogP contribution in [0.15, 0.2) is 29.4 Å². The van der Waals surface area contributed by atoms with Gasteiger partial charge in [0.25, 0.3) is 0 Å². The molecule has 5 nitrogen and oxygen atoms in total. The van der Waals surface area contributed by atoms with Crippen molar-refractivity contribution >= 4 is 23.2 Å². The first-order valence-corrected chi connectivity index (χ1v) is 5.80. The Balaban J connectivity index is 2.19. The van der Waals surface area contributed by atoms with Crippen molar-refractivity contribution in [2.24, 2.45) is 11.0 Å². The second kappa shape index (κ2) is 5.00. The molecule has 0 fully saturated rings. The van der Waals surface area contributed by atoms with Gasteiger partial charge in [-0.25, -0.2) is 5.43 Å². The van der Waals surface area contributed by atoms with Gasteiger partial charge in [-0.2, -0.15) is 5.10 Å². The first-order valence-electron chi connectivity index (χ1n) is 5.80. The van der Waals surface area contributed by atoms with E-state index < -0.39 is 0 Å². The van der Waals surface area contributed by atoms with E-state index in [-0.39, 0.29) is 17.7 Å². The molecular weight excluding hydrogens is 230 g/mol. The summed E-state index contributed by atoms with van der Waals surface area (Å²) in [6.45, 7) is 3.44. The maximum atomic E-state index is 11.2. The third kappa shape index (κ3) is 2.74. The predicted octanol–water partition coefficient (Wildman–Crippen LogP) is 1.51. The van der Waals surface area contributed by atoms with Gasteiger partial charge >= 0.3 is 0 Å². The second-order valence-electron chi connectivity index (χ2n) is 4.40. The third-order valence-corrected chi connectivity index (χ3v) is 2.76. The zero-order valence-corrected chi connectivity index (χ0v) is 10.4. The number of amides is 2. The molecule has 1 atom stereocenters. The van der Waals surface area contributed by atoms with E-state index in [1.807, 2.05) is 31.2 Å². The molecule has 1 aromatic carbocycles. The maximum Gasteiger partial charge on any atom is 0.240 e. The maximum absolute atomic E-state index is 11.2. The minimum absolute atomic E-state index is 0.0545. The minimum atomic E-state index is -0.0987. The molecule has 1 heterocycles. The van der Waals surface area contributed by atoms with Crippen LogP contribution in [0.2, 0.25) is 0 Å². The third-order valence-electron chi connectivity index (χ3n) is 2.76. The van der Waals surface area contributed by atoms with Crippen molar-refractivity contribution in [3.05, 3.63) is 29.8 Å². The zero-order valence-electron chi connectivity index (χ0n) is 10.4. The van der Waals surface area contributed by atoms with E-state index in [0.29, 0.717) is 6.42 Å². The van der Waals surface area contributed by atoms with Crippen molar-refractivity contribution in [3.63, 3.8) is 0 Å². The van der Waals surface area contributed by atoms with Gasteiger partial charge in [-0.15, -0.1) is 0 Å². The number of hydrogen-bond donors (Lipinski definition) is 2. The lowest BCUT2D eigenvalue weighted by molar-refractivity contribution is -0.122. The van der Waals surface area contributed by atoms with Crippen LogP contribution in [0, 0.1) is 5.92 Å². The van der Waals surface area contributed by atoms with Crippen LogP contribution in [-0.4, -0.2) is 17.5 Å². The predicted molar refractivity (Wildman–Crippen MR) is 69.2 cm³/mol. The summed E-state index contributed by atoms with van der Waals surface area (Å²) in [6.07, 6.45) is 0.451. The number of carbonyl (C=O) groups excluding carboxylic acids is 2. The zero-order chi connectivity index (χ0) is 13.1. The molecule has 0 spiro atoms. The molecule has 0 bridgehead atoms. The molecule has 0 saturated heterocycles. The van der Waals surface area contributed by atoms with Gasteiger partial charge < -0.3 is 5.32 Å². The van der Waals surface area contributed by atoms with E-state index in [1.54, 1.807) is 0 Å². The summed E-state index contributed by atoms with van der Waals surface area (Å²) < 4.78 is 0. The van der Waals surface area contributed by atoms with Gasteiger partial charge in [-0.05, 0) is 17.7 Å². The number of nitrogens with zero attached hydrogens (tertiary/aromatic N) is 1. The SMILES string of the molecule is CC(=O)Nc1ccc(C2=NNC(=O)C[C@@H]2C)cc1. The van der Waals surface area contributed by atoms with Crippen molar-refractivity contribution in [1.29, 1.82) is 0 Å². The van der Waals surface area contributed by atoms with Gasteiger partial charge in [0, 0.05) is 24.9 Å². The van der Waals surface area contributed by atoms with Crippen LogP contribution >= 0.6 is 0 Å². The molecule has 1 aliphatic rings. The second-order valence-corrected chi connectivity index (χ2v) is 4.40. The summed E-state index contributed by atoms with van der Waals surface area (Å²) >= 11 is 0. The number of benzene rings is 1. The van der Waals surface area contributed by atoms with Gasteiger partial charge in [0.2, 0.25) is 11.8 Å². The number of carbonyl (C=O) groups is 2. The Hall–Kier alpha value is -2.17. The van der Waals surface area contributed by atoms with Gasteiger partial charge in [0.05, 0.1) is 5.71 Å². The molecule has 0 aliphatic carbocycles. The molecule has 18 heavy (non-hydrogen) atoms. The van der Waals surface area contributed by atoms with Crippen LogP contribution in [0.3, 0.4) is 0 Å². The molecule has 1 aromatic rings. The van der Waals surface area contributed by atoms with Gasteiger partial charge in [-0.1, -0.05) is 19.1 Å². The van der Waals surface area contributed by atoms with Crippen LogP contribution in [0.5, 0.6) is 0 Å². The average molecular weight is 245 g/mol. The smallest absolute Gasteiger partial charge is 0.240 e. The number of hydrogen-bond acceptors (Lipinski definition) is 3. The van der Waals surface area contributed by atoms with E-state index >= 15 is 0 Å². The Morgan fingerprint density at radius 2 is 2.06 bits per heavy atom. The van der Waals surface area contributed by atoms with Crippen molar-refractivity contribution < 1.29 is 9.59 Å². The molecular formula is C13H15N3O2. The quantitative estimate of drug-likeness (QED) is 0.829. The summed E-state index contributed by atoms with van der Waals surface area (Å²) in [6, 6.07) is 7.42. The van der Waals surface area contributed by atoms with Crippen molar-refractivity contribution in [1.82, 2.24) is 5.43 Å². The summed E-state index contributed by atoms with van der Waals surface area (Å²) in [5.41, 5.74) is 5.06. The first kappa shape index (κ1) is 12.3. The Labute approximate surface area is 105 Å². The lowest BCUT2D eigenvalue weighted by Gasteiger charge is -2.19. The summed E-state index contributed by atoms with van der Waals surface area (Å²) in [5, 5.41) is 6.79. The minimum Gasteiger partial charge on any atom is -0.326 e. The van der Waals surface area contributed by atoms with Crippen molar-refractivity contribution in [3.8, 4) is 0 Å². The van der Waals surface area contributed by atoms with Crippen molar-refractivity contribution in [2.45, 2.75) is 20.3 Å². The lowest BCUT2D eigenvalue weighted by atomic mass is 9.94. The number of hydrazone groups is 1. The van der Waals surface area contributed by atoms with E-state index in [1.165, 1.54) is 6.92 Å². The van der Waals surface area contributed by atoms with Crippen LogP contribution < -0.4 is 10.7 Å². The molecule has 94 valence electrons. The number of rotatable bonds is 2. The fraction of sp³-hybridized carbons (Fsp3) is 0.308. The highest BCUT2D eigenvalue weighted by Gasteiger charge is 2.21. The standard InChI is InChI=1S/C13H15N3O2/c1-8-7-12(18)15-16-13(8)10-3-5-11(6-4-10)14-9(2)17/h3-6,8H,7H2,1-2H3,(H,14,17)(H,15,18)/t8-/m0/s1. The molecule has 5 heteroatoms. The van der Waals surface area contributed by atoms with Crippen LogP contribution in [0.4, 0.5) is 5.69 Å². The highest BCUT2D eigenvalue weighted by molar-refractivity contribution is 6.06. The van der Waals surface area contributed by atoms with E-state index in [4.69, 9.17) is 0 Å². The molecule has 2 N–H and O–H groups in total. The van der Waals surface area contributed by atoms with E-state index in [0.717, 1.165) is 17.0 Å². The largest absolute Gasteiger partial charge is 0.326 e.